The lowest BCUT2D eigenvalue weighted by Crippen LogP contribution is -2.45. The first-order valence-corrected chi connectivity index (χ1v) is 24.5. The molecule has 0 aromatic heterocycles. The van der Waals surface area contributed by atoms with Gasteiger partial charge in [-0.25, -0.2) is 0 Å². The van der Waals surface area contributed by atoms with E-state index in [1.165, 1.54) is 122 Å². The average Bonchev–Trinajstić information content (AvgIpc) is 3.23. The van der Waals surface area contributed by atoms with Crippen molar-refractivity contribution < 1.29 is 15.0 Å². The van der Waals surface area contributed by atoms with Crippen LogP contribution in [0.2, 0.25) is 0 Å². The van der Waals surface area contributed by atoms with Gasteiger partial charge in [0.2, 0.25) is 5.91 Å². The molecule has 2 atom stereocenters. The van der Waals surface area contributed by atoms with E-state index in [9.17, 15) is 15.0 Å². The molecule has 4 nitrogen and oxygen atoms in total. The molecular weight excluding hydrogens is 711 g/mol. The van der Waals surface area contributed by atoms with Crippen LogP contribution in [0.5, 0.6) is 0 Å². The van der Waals surface area contributed by atoms with E-state index in [0.29, 0.717) is 6.42 Å². The summed E-state index contributed by atoms with van der Waals surface area (Å²) >= 11 is 0. The van der Waals surface area contributed by atoms with Gasteiger partial charge in [-0.05, 0) is 89.9 Å². The van der Waals surface area contributed by atoms with Gasteiger partial charge < -0.3 is 15.5 Å². The van der Waals surface area contributed by atoms with Crippen molar-refractivity contribution in [2.45, 2.75) is 231 Å². The van der Waals surface area contributed by atoms with E-state index in [2.05, 4.69) is 104 Å². The number of amides is 1. The number of rotatable bonds is 43. The maximum Gasteiger partial charge on any atom is 0.220 e. The van der Waals surface area contributed by atoms with Crippen LogP contribution in [0, 0.1) is 0 Å². The molecular formula is C54H93NO3. The van der Waals surface area contributed by atoms with Crippen LogP contribution in [0.1, 0.15) is 219 Å². The quantitative estimate of drug-likeness (QED) is 0.0425. The number of aliphatic hydroxyl groups is 2. The molecule has 0 saturated carbocycles. The third-order valence-electron chi connectivity index (χ3n) is 10.5. The van der Waals surface area contributed by atoms with Gasteiger partial charge in [0.25, 0.3) is 0 Å². The van der Waals surface area contributed by atoms with E-state index in [4.69, 9.17) is 0 Å². The van der Waals surface area contributed by atoms with Crippen molar-refractivity contribution in [1.82, 2.24) is 5.32 Å². The first-order chi connectivity index (χ1) is 28.7. The van der Waals surface area contributed by atoms with E-state index in [0.717, 1.165) is 77.0 Å². The largest absolute Gasteiger partial charge is 0.394 e. The van der Waals surface area contributed by atoms with E-state index in [1.54, 1.807) is 6.08 Å². The van der Waals surface area contributed by atoms with Gasteiger partial charge in [0.05, 0.1) is 18.8 Å². The Morgan fingerprint density at radius 3 is 1.21 bits per heavy atom. The molecule has 0 fully saturated rings. The van der Waals surface area contributed by atoms with E-state index in [1.807, 2.05) is 6.08 Å². The summed E-state index contributed by atoms with van der Waals surface area (Å²) in [6.07, 6.45) is 72.4. The standard InChI is InChI=1S/C54H93NO3/c1-3-5-7-9-11-13-15-17-19-21-23-25-26-27-28-30-32-34-36-38-40-42-44-46-48-50-54(58)55-52(51-56)53(57)49-47-45-43-41-39-37-35-33-31-29-24-22-20-18-16-14-12-10-8-6-4-2/h5,7,11,13,17,19,23,25,27-28,31,33,39,41,47,49,52-53,56-57H,3-4,6,8-10,12,14-16,18,20-22,24,26,29-30,32,34-38,40,42-46,48,50-51H2,1-2H3,(H,55,58)/b7-5-,13-11-,19-17-,25-23-,28-27-,33-31+,41-39+,49-47+. The third kappa shape index (κ3) is 44.4. The molecule has 0 rings (SSSR count). The summed E-state index contributed by atoms with van der Waals surface area (Å²) < 4.78 is 0. The minimum atomic E-state index is -0.879. The lowest BCUT2D eigenvalue weighted by atomic mass is 10.1. The Morgan fingerprint density at radius 2 is 0.776 bits per heavy atom. The van der Waals surface area contributed by atoms with Crippen LogP contribution < -0.4 is 5.32 Å². The number of nitrogens with one attached hydrogen (secondary N) is 1. The summed E-state index contributed by atoms with van der Waals surface area (Å²) in [4.78, 5) is 12.4. The lowest BCUT2D eigenvalue weighted by Gasteiger charge is -2.19. The molecule has 332 valence electrons. The zero-order valence-corrected chi connectivity index (χ0v) is 38.0. The summed E-state index contributed by atoms with van der Waals surface area (Å²) in [6.45, 7) is 4.17. The fourth-order valence-electron chi connectivity index (χ4n) is 6.82. The highest BCUT2D eigenvalue weighted by atomic mass is 16.3. The van der Waals surface area contributed by atoms with Gasteiger partial charge in [-0.3, -0.25) is 4.79 Å². The molecule has 0 spiro atoms. The number of allylic oxidation sites excluding steroid dienone is 15. The van der Waals surface area contributed by atoms with Gasteiger partial charge in [0.15, 0.2) is 0 Å². The molecule has 0 aliphatic heterocycles. The second kappa shape index (κ2) is 48.7. The first kappa shape index (κ1) is 55.3. The second-order valence-corrected chi connectivity index (χ2v) is 16.1. The third-order valence-corrected chi connectivity index (χ3v) is 10.5. The van der Waals surface area contributed by atoms with Gasteiger partial charge >= 0.3 is 0 Å². The fraction of sp³-hybridized carbons (Fsp3) is 0.685. The number of hydrogen-bond donors (Lipinski definition) is 3. The number of unbranched alkanes of at least 4 members (excludes halogenated alkanes) is 22. The molecule has 0 heterocycles. The van der Waals surface area contributed by atoms with E-state index < -0.39 is 12.1 Å². The maximum atomic E-state index is 12.4. The average molecular weight is 804 g/mol. The molecule has 2 unspecified atom stereocenters. The van der Waals surface area contributed by atoms with Gasteiger partial charge in [-0.2, -0.15) is 0 Å². The van der Waals surface area contributed by atoms with Crippen LogP contribution in [-0.4, -0.2) is 34.9 Å². The number of aliphatic hydroxyl groups excluding tert-OH is 2. The Labute approximate surface area is 360 Å². The lowest BCUT2D eigenvalue weighted by molar-refractivity contribution is -0.123. The zero-order chi connectivity index (χ0) is 42.1. The molecule has 0 radical (unpaired) electrons. The highest BCUT2D eigenvalue weighted by molar-refractivity contribution is 5.76. The van der Waals surface area contributed by atoms with Crippen LogP contribution in [0.4, 0.5) is 0 Å². The van der Waals surface area contributed by atoms with Crippen LogP contribution >= 0.6 is 0 Å². The van der Waals surface area contributed by atoms with Crippen LogP contribution in [0.25, 0.3) is 0 Å². The minimum absolute atomic E-state index is 0.0882. The van der Waals surface area contributed by atoms with Gasteiger partial charge in [-0.15, -0.1) is 0 Å². The van der Waals surface area contributed by atoms with Gasteiger partial charge in [0, 0.05) is 6.42 Å². The Morgan fingerprint density at radius 1 is 0.431 bits per heavy atom. The molecule has 0 saturated heterocycles. The van der Waals surface area contributed by atoms with Crippen LogP contribution in [0.15, 0.2) is 97.2 Å². The normalized spacial score (nSPS) is 13.8. The molecule has 0 aromatic rings. The zero-order valence-electron chi connectivity index (χ0n) is 38.0. The van der Waals surface area contributed by atoms with Crippen molar-refractivity contribution in [3.63, 3.8) is 0 Å². The Bertz CT molecular complexity index is 1090. The molecule has 0 aromatic carbocycles. The monoisotopic (exact) mass is 804 g/mol. The summed E-state index contributed by atoms with van der Waals surface area (Å²) in [7, 11) is 0. The highest BCUT2D eigenvalue weighted by Crippen LogP contribution is 2.14. The summed E-state index contributed by atoms with van der Waals surface area (Å²) in [5.41, 5.74) is 0. The fourth-order valence-corrected chi connectivity index (χ4v) is 6.82. The topological polar surface area (TPSA) is 69.6 Å². The molecule has 1 amide bonds. The molecule has 0 aliphatic rings. The predicted octanol–water partition coefficient (Wildman–Crippen LogP) is 15.8. The maximum absolute atomic E-state index is 12.4. The molecule has 4 heteroatoms. The van der Waals surface area contributed by atoms with Crippen molar-refractivity contribution >= 4 is 5.91 Å². The number of carbonyl (C=O) groups excluding carboxylic acids is 1. The summed E-state index contributed by atoms with van der Waals surface area (Å²) in [5.74, 6) is -0.0882. The van der Waals surface area contributed by atoms with Crippen molar-refractivity contribution in [3.8, 4) is 0 Å². The first-order valence-electron chi connectivity index (χ1n) is 24.5. The molecule has 58 heavy (non-hydrogen) atoms. The number of carbonyl (C=O) groups is 1. The minimum Gasteiger partial charge on any atom is -0.394 e. The van der Waals surface area contributed by atoms with Crippen molar-refractivity contribution in [2.24, 2.45) is 0 Å². The summed E-state index contributed by atoms with van der Waals surface area (Å²) in [5, 5.41) is 23.1. The van der Waals surface area contributed by atoms with Crippen molar-refractivity contribution in [2.75, 3.05) is 6.61 Å². The molecule has 0 bridgehead atoms. The Balaban J connectivity index is 3.66. The van der Waals surface area contributed by atoms with E-state index >= 15 is 0 Å². The molecule has 3 N–H and O–H groups in total. The molecule has 0 aliphatic carbocycles. The highest BCUT2D eigenvalue weighted by Gasteiger charge is 2.17. The van der Waals surface area contributed by atoms with E-state index in [-0.39, 0.29) is 12.5 Å². The van der Waals surface area contributed by atoms with Crippen LogP contribution in [-0.2, 0) is 4.79 Å². The van der Waals surface area contributed by atoms with Gasteiger partial charge in [0.1, 0.15) is 0 Å². The SMILES string of the molecule is CC/C=C\C/C=C\C/C=C\C/C=C\C/C=C\CCCCCCCCCCCC(=O)NC(CO)C(O)/C=C/CC/C=C/CC/C=C/CCCCCCCCCCCCC. The van der Waals surface area contributed by atoms with Crippen LogP contribution in [0.3, 0.4) is 0 Å². The predicted molar refractivity (Wildman–Crippen MR) is 257 cm³/mol. The second-order valence-electron chi connectivity index (χ2n) is 16.1. The Kier molecular flexibility index (Phi) is 46.4. The van der Waals surface area contributed by atoms with Crippen molar-refractivity contribution in [1.29, 1.82) is 0 Å². The van der Waals surface area contributed by atoms with Crippen molar-refractivity contribution in [3.05, 3.63) is 97.2 Å². The smallest absolute Gasteiger partial charge is 0.220 e. The number of hydrogen-bond acceptors (Lipinski definition) is 3. The Hall–Kier alpha value is -2.69. The van der Waals surface area contributed by atoms with Gasteiger partial charge in [-0.1, -0.05) is 220 Å². The summed E-state index contributed by atoms with van der Waals surface area (Å²) in [6, 6.07) is -0.655.